The monoisotopic (exact) mass is 266 g/mol. The van der Waals surface area contributed by atoms with E-state index < -0.39 is 0 Å². The summed E-state index contributed by atoms with van der Waals surface area (Å²) < 4.78 is 0. The Hall–Kier alpha value is -0.380. The van der Waals surface area contributed by atoms with Crippen LogP contribution in [0.5, 0.6) is 0 Å². The molecule has 1 heterocycles. The summed E-state index contributed by atoms with van der Waals surface area (Å²) in [7, 11) is 2.24. The van der Waals surface area contributed by atoms with Crippen LogP contribution in [0.25, 0.3) is 0 Å². The van der Waals surface area contributed by atoms with E-state index in [2.05, 4.69) is 50.2 Å². The van der Waals surface area contributed by atoms with E-state index in [0.29, 0.717) is 11.5 Å². The zero-order chi connectivity index (χ0) is 13.4. The van der Waals surface area contributed by atoms with Gasteiger partial charge in [0, 0.05) is 23.0 Å². The lowest BCUT2D eigenvalue weighted by molar-refractivity contribution is 0.0406. The van der Waals surface area contributed by atoms with E-state index in [-0.39, 0.29) is 5.54 Å². The van der Waals surface area contributed by atoms with E-state index in [1.54, 1.807) is 0 Å². The molecular weight excluding hydrogens is 240 g/mol. The lowest BCUT2D eigenvalue weighted by atomic mass is 9.81. The van der Waals surface area contributed by atoms with E-state index >= 15 is 0 Å². The first-order valence-electron chi connectivity index (χ1n) is 6.88. The summed E-state index contributed by atoms with van der Waals surface area (Å²) >= 11 is 1.85. The van der Waals surface area contributed by atoms with Gasteiger partial charge in [0.1, 0.15) is 0 Å². The molecule has 0 aromatic carbocycles. The van der Waals surface area contributed by atoms with Gasteiger partial charge in [-0.15, -0.1) is 11.3 Å². The first-order chi connectivity index (χ1) is 8.43. The Morgan fingerprint density at radius 3 is 2.67 bits per heavy atom. The molecule has 18 heavy (non-hydrogen) atoms. The van der Waals surface area contributed by atoms with Crippen molar-refractivity contribution in [3.05, 3.63) is 22.4 Å². The van der Waals surface area contributed by atoms with Crippen LogP contribution in [-0.4, -0.2) is 30.1 Å². The van der Waals surface area contributed by atoms with Gasteiger partial charge in [-0.2, -0.15) is 0 Å². The maximum atomic E-state index is 6.11. The first kappa shape index (κ1) is 14.0. The van der Waals surface area contributed by atoms with Crippen LogP contribution >= 0.6 is 11.3 Å². The van der Waals surface area contributed by atoms with Crippen LogP contribution < -0.4 is 5.73 Å². The third-order valence-corrected chi connectivity index (χ3v) is 6.11. The molecule has 1 saturated carbocycles. The molecule has 0 bridgehead atoms. The molecule has 2 unspecified atom stereocenters. The minimum Gasteiger partial charge on any atom is -0.329 e. The van der Waals surface area contributed by atoms with Gasteiger partial charge in [-0.1, -0.05) is 13.0 Å². The molecule has 1 aromatic rings. The van der Waals surface area contributed by atoms with Crippen LogP contribution in [0.1, 0.15) is 38.5 Å². The Kier molecular flexibility index (Phi) is 3.86. The van der Waals surface area contributed by atoms with E-state index in [9.17, 15) is 0 Å². The van der Waals surface area contributed by atoms with Gasteiger partial charge >= 0.3 is 0 Å². The number of rotatable bonds is 6. The molecule has 0 spiro atoms. The Balaban J connectivity index is 2.07. The molecule has 2 rings (SSSR count). The second-order valence-electron chi connectivity index (χ2n) is 6.28. The quantitative estimate of drug-likeness (QED) is 0.857. The van der Waals surface area contributed by atoms with Crippen molar-refractivity contribution in [3.8, 4) is 0 Å². The molecule has 0 saturated heterocycles. The summed E-state index contributed by atoms with van der Waals surface area (Å²) in [6.07, 6.45) is 3.76. The number of nitrogens with zero attached hydrogens (tertiary/aromatic N) is 1. The molecular formula is C15H26N2S. The highest BCUT2D eigenvalue weighted by molar-refractivity contribution is 7.09. The average Bonchev–Trinajstić information content (AvgIpc) is 2.91. The van der Waals surface area contributed by atoms with Crippen LogP contribution in [0.3, 0.4) is 0 Å². The van der Waals surface area contributed by atoms with Gasteiger partial charge in [-0.05, 0) is 57.0 Å². The lowest BCUT2D eigenvalue weighted by Crippen LogP contribution is -2.58. The summed E-state index contributed by atoms with van der Waals surface area (Å²) in [4.78, 5) is 3.98. The maximum Gasteiger partial charge on any atom is 0.0356 e. The van der Waals surface area contributed by atoms with E-state index in [1.807, 2.05) is 11.3 Å². The molecule has 3 heteroatoms. The number of thiophene rings is 1. The van der Waals surface area contributed by atoms with E-state index in [4.69, 9.17) is 5.73 Å². The van der Waals surface area contributed by atoms with Crippen molar-refractivity contribution < 1.29 is 0 Å². The standard InChI is InChI=1S/C15H26N2S/c1-12(10-13-6-5-9-18-13)17(4)15(3,11-16)14(2)7-8-14/h5-6,9,12H,7-8,10-11,16H2,1-4H3. The molecule has 2 atom stereocenters. The van der Waals surface area contributed by atoms with Gasteiger partial charge in [0.2, 0.25) is 0 Å². The van der Waals surface area contributed by atoms with Gasteiger partial charge in [0.05, 0.1) is 0 Å². The molecule has 0 aliphatic heterocycles. The number of hydrogen-bond acceptors (Lipinski definition) is 3. The summed E-state index contributed by atoms with van der Waals surface area (Å²) in [5.74, 6) is 0. The zero-order valence-corrected chi connectivity index (χ0v) is 12.9. The fraction of sp³-hybridized carbons (Fsp3) is 0.733. The summed E-state index contributed by atoms with van der Waals surface area (Å²) in [5.41, 5.74) is 6.65. The predicted molar refractivity (Wildman–Crippen MR) is 80.0 cm³/mol. The zero-order valence-electron chi connectivity index (χ0n) is 12.1. The van der Waals surface area contributed by atoms with Crippen molar-refractivity contribution in [2.24, 2.45) is 11.1 Å². The Morgan fingerprint density at radius 1 is 1.56 bits per heavy atom. The molecule has 1 aliphatic rings. The third kappa shape index (κ3) is 2.36. The van der Waals surface area contributed by atoms with E-state index in [1.165, 1.54) is 17.7 Å². The highest BCUT2D eigenvalue weighted by Crippen LogP contribution is 2.55. The van der Waals surface area contributed by atoms with E-state index in [0.717, 1.165) is 13.0 Å². The van der Waals surface area contributed by atoms with Gasteiger partial charge < -0.3 is 5.73 Å². The lowest BCUT2D eigenvalue weighted by Gasteiger charge is -2.46. The number of nitrogens with two attached hydrogens (primary N) is 1. The molecule has 1 aliphatic carbocycles. The fourth-order valence-electron chi connectivity index (χ4n) is 2.89. The smallest absolute Gasteiger partial charge is 0.0356 e. The largest absolute Gasteiger partial charge is 0.329 e. The van der Waals surface area contributed by atoms with Gasteiger partial charge in [-0.25, -0.2) is 0 Å². The minimum atomic E-state index is 0.129. The topological polar surface area (TPSA) is 29.3 Å². The third-order valence-electron chi connectivity index (χ3n) is 5.21. The van der Waals surface area contributed by atoms with Crippen molar-refractivity contribution in [1.29, 1.82) is 0 Å². The number of hydrogen-bond donors (Lipinski definition) is 1. The van der Waals surface area contributed by atoms with Crippen molar-refractivity contribution in [2.45, 2.75) is 51.6 Å². The first-order valence-corrected chi connectivity index (χ1v) is 7.76. The van der Waals surface area contributed by atoms with Crippen molar-refractivity contribution in [2.75, 3.05) is 13.6 Å². The van der Waals surface area contributed by atoms with Crippen molar-refractivity contribution >= 4 is 11.3 Å². The fourth-order valence-corrected chi connectivity index (χ4v) is 3.71. The minimum absolute atomic E-state index is 0.129. The van der Waals surface area contributed by atoms with Crippen molar-refractivity contribution in [1.82, 2.24) is 4.90 Å². The van der Waals surface area contributed by atoms with Crippen LogP contribution in [0.4, 0.5) is 0 Å². The van der Waals surface area contributed by atoms with Crippen LogP contribution in [-0.2, 0) is 6.42 Å². The van der Waals surface area contributed by atoms with Gasteiger partial charge in [-0.3, -0.25) is 4.90 Å². The molecule has 102 valence electrons. The predicted octanol–water partition coefficient (Wildman–Crippen LogP) is 3.13. The molecule has 1 fully saturated rings. The normalized spacial score (nSPS) is 22.8. The molecule has 0 amide bonds. The average molecular weight is 266 g/mol. The highest BCUT2D eigenvalue weighted by Gasteiger charge is 2.54. The van der Waals surface area contributed by atoms with Gasteiger partial charge in [0.15, 0.2) is 0 Å². The van der Waals surface area contributed by atoms with Gasteiger partial charge in [0.25, 0.3) is 0 Å². The molecule has 0 radical (unpaired) electrons. The number of likely N-dealkylation sites (N-methyl/N-ethyl adjacent to an activating group) is 1. The molecule has 2 nitrogen and oxygen atoms in total. The second-order valence-corrected chi connectivity index (χ2v) is 7.31. The van der Waals surface area contributed by atoms with Crippen LogP contribution in [0.2, 0.25) is 0 Å². The Labute approximate surface area is 115 Å². The van der Waals surface area contributed by atoms with Crippen LogP contribution in [0, 0.1) is 5.41 Å². The second kappa shape index (κ2) is 4.95. The summed E-state index contributed by atoms with van der Waals surface area (Å²) in [6, 6.07) is 4.90. The maximum absolute atomic E-state index is 6.11. The highest BCUT2D eigenvalue weighted by atomic mass is 32.1. The van der Waals surface area contributed by atoms with Crippen molar-refractivity contribution in [3.63, 3.8) is 0 Å². The summed E-state index contributed by atoms with van der Waals surface area (Å²) in [5, 5.41) is 2.16. The Bertz CT molecular complexity index is 383. The molecule has 1 aromatic heterocycles. The Morgan fingerprint density at radius 2 is 2.22 bits per heavy atom. The SMILES string of the molecule is CC(Cc1cccs1)N(C)C(C)(CN)C1(C)CC1. The molecule has 2 N–H and O–H groups in total. The van der Waals surface area contributed by atoms with Crippen LogP contribution in [0.15, 0.2) is 17.5 Å². The summed E-state index contributed by atoms with van der Waals surface area (Å²) in [6.45, 7) is 7.79.